The van der Waals surface area contributed by atoms with Gasteiger partial charge >= 0.3 is 22.8 Å². The molecule has 0 atom stereocenters. The summed E-state index contributed by atoms with van der Waals surface area (Å²) in [5.41, 5.74) is 11.5. The number of nitrogens with two attached hydrogens (primary N) is 2. The fraction of sp³-hybridized carbons (Fsp3) is 0.216. The molecule has 77 heavy (non-hydrogen) atoms. The molecule has 400 valence electrons. The van der Waals surface area contributed by atoms with Gasteiger partial charge in [-0.2, -0.15) is 20.5 Å². The maximum atomic E-state index is 13.4. The summed E-state index contributed by atoms with van der Waals surface area (Å²) in [6, 6.07) is 33.4. The predicted molar refractivity (Wildman–Crippen MR) is 298 cm³/mol. The number of aromatic nitrogens is 6. The summed E-state index contributed by atoms with van der Waals surface area (Å²) in [5.74, 6) is 2.60. The number of aliphatic imine (C=N–C) groups is 2. The van der Waals surface area contributed by atoms with Crippen LogP contribution in [0.15, 0.2) is 144 Å². The van der Waals surface area contributed by atoms with E-state index in [-0.39, 0.29) is 57.1 Å². The molecule has 2 heterocycles. The number of hydrogen-bond donors (Lipinski definition) is 5. The van der Waals surface area contributed by atoms with Crippen molar-refractivity contribution < 1.29 is 14.2 Å². The number of hydrogen-bond acceptors (Lipinski definition) is 16. The Morgan fingerprint density at radius 3 is 1.47 bits per heavy atom. The van der Waals surface area contributed by atoms with Crippen molar-refractivity contribution in [2.24, 2.45) is 21.5 Å². The van der Waals surface area contributed by atoms with E-state index in [1.54, 1.807) is 106 Å². The molecule has 0 saturated carbocycles. The summed E-state index contributed by atoms with van der Waals surface area (Å²) in [6.45, 7) is 3.04. The Kier molecular flexibility index (Phi) is 23.1. The fourth-order valence-corrected chi connectivity index (χ4v) is 7.37. The van der Waals surface area contributed by atoms with Crippen LogP contribution < -0.4 is 64.4 Å². The highest BCUT2D eigenvalue weighted by molar-refractivity contribution is 6.42. The SMILES string of the molecule is CC(=NC#N)Oc1ccccc1.COc1ccc(Cn2c(NCCN)nc(=O)n(Cc3ccc(Cl)c(Cl)c3)c2=O)cc1.COc1ccc(Cn2c(NCCN=C(N)NC#N)nc(=O)n(Cc3ccc(Cl)c(Cl)c3)c2=O)cc1. The lowest BCUT2D eigenvalue weighted by Crippen LogP contribution is -2.43. The first kappa shape index (κ1) is 59.2. The lowest BCUT2D eigenvalue weighted by molar-refractivity contribution is 0.414. The molecule has 0 aliphatic carbocycles. The van der Waals surface area contributed by atoms with Crippen LogP contribution in [0, 0.1) is 22.9 Å². The Hall–Kier alpha value is -8.64. The van der Waals surface area contributed by atoms with Crippen molar-refractivity contribution in [3.8, 4) is 29.6 Å². The average molecular weight is 1130 g/mol. The van der Waals surface area contributed by atoms with Crippen LogP contribution in [0.4, 0.5) is 11.9 Å². The van der Waals surface area contributed by atoms with E-state index in [0.29, 0.717) is 67.5 Å². The molecule has 26 heteroatoms. The van der Waals surface area contributed by atoms with Crippen molar-refractivity contribution in [2.45, 2.75) is 33.1 Å². The average Bonchev–Trinajstić information content (AvgIpc) is 3.42. The maximum absolute atomic E-state index is 13.4. The molecule has 0 bridgehead atoms. The Balaban J connectivity index is 0.000000236. The Morgan fingerprint density at radius 1 is 0.610 bits per heavy atom. The lowest BCUT2D eigenvalue weighted by Gasteiger charge is -2.16. The van der Waals surface area contributed by atoms with Crippen molar-refractivity contribution in [1.29, 1.82) is 10.5 Å². The number of nitrogens with one attached hydrogen (secondary N) is 3. The first-order valence-corrected chi connectivity index (χ1v) is 24.4. The van der Waals surface area contributed by atoms with Crippen LogP contribution in [0.1, 0.15) is 29.2 Å². The highest BCUT2D eigenvalue weighted by Crippen LogP contribution is 2.24. The van der Waals surface area contributed by atoms with Gasteiger partial charge in [0.2, 0.25) is 29.9 Å². The number of methoxy groups -OCH3 is 2. The van der Waals surface area contributed by atoms with Gasteiger partial charge in [0.25, 0.3) is 0 Å². The summed E-state index contributed by atoms with van der Waals surface area (Å²) in [5, 5.41) is 26.3. The van der Waals surface area contributed by atoms with Crippen LogP contribution in [0.25, 0.3) is 0 Å². The van der Waals surface area contributed by atoms with Crippen LogP contribution in [0.3, 0.4) is 0 Å². The first-order valence-electron chi connectivity index (χ1n) is 22.9. The van der Waals surface area contributed by atoms with Crippen molar-refractivity contribution in [1.82, 2.24) is 33.6 Å². The van der Waals surface area contributed by atoms with Gasteiger partial charge in [0.05, 0.1) is 67.0 Å². The molecule has 2 aromatic heterocycles. The number of ether oxygens (including phenoxy) is 3. The van der Waals surface area contributed by atoms with E-state index in [4.69, 9.17) is 82.6 Å². The van der Waals surface area contributed by atoms with Gasteiger partial charge in [-0.3, -0.25) is 19.4 Å². The molecule has 0 saturated heterocycles. The van der Waals surface area contributed by atoms with Crippen LogP contribution in [-0.2, 0) is 26.2 Å². The van der Waals surface area contributed by atoms with Gasteiger partial charge in [-0.25, -0.2) is 28.3 Å². The van der Waals surface area contributed by atoms with Gasteiger partial charge in [0.1, 0.15) is 17.2 Å². The summed E-state index contributed by atoms with van der Waals surface area (Å²) in [4.78, 5) is 67.4. The Morgan fingerprint density at radius 2 is 1.05 bits per heavy atom. The van der Waals surface area contributed by atoms with E-state index < -0.39 is 22.8 Å². The summed E-state index contributed by atoms with van der Waals surface area (Å²) in [6.07, 6.45) is 3.32. The molecule has 22 nitrogen and oxygen atoms in total. The number of rotatable bonds is 18. The normalized spacial score (nSPS) is 10.9. The molecule has 0 fully saturated rings. The van der Waals surface area contributed by atoms with E-state index >= 15 is 0 Å². The summed E-state index contributed by atoms with van der Waals surface area (Å²) in [7, 11) is 3.14. The van der Waals surface area contributed by atoms with E-state index in [1.165, 1.54) is 9.13 Å². The number of nitrogens with zero attached hydrogens (tertiary/aromatic N) is 10. The molecule has 0 radical (unpaired) electrons. The number of guanidine groups is 1. The van der Waals surface area contributed by atoms with Crippen LogP contribution in [0.5, 0.6) is 17.2 Å². The van der Waals surface area contributed by atoms with Gasteiger partial charge in [-0.05, 0) is 82.9 Å². The molecule has 0 amide bonds. The van der Waals surface area contributed by atoms with Crippen LogP contribution in [-0.4, -0.2) is 80.5 Å². The van der Waals surface area contributed by atoms with E-state index in [9.17, 15) is 19.2 Å². The third-order valence-corrected chi connectivity index (χ3v) is 11.9. The van der Waals surface area contributed by atoms with E-state index in [1.807, 2.05) is 42.5 Å². The van der Waals surface area contributed by atoms with Crippen molar-refractivity contribution in [2.75, 3.05) is 51.0 Å². The standard InChI is InChI=1S/C22H22Cl2N8O3.C20H21Cl2N5O3.C9H8N2O/c1-35-16-5-2-14(3-6-16)11-31-20(28-9-8-27-19(26)29-13-25)30-21(33)32(22(31)34)12-15-4-7-17(23)18(24)10-15;1-30-15-5-2-13(3-6-15)11-26-18(24-9-8-23)25-19(28)27(20(26)29)12-14-4-7-16(21)17(22)10-14;1-8(11-7-10)12-9-5-3-2-4-6-9/h2-7,10H,8-9,11-12H2,1H3,(H3,26,27,29)(H,28,30,33);2-7,10H,8-9,11-12,23H2,1H3,(H,24,25,28);2-6H,1H3. The van der Waals surface area contributed by atoms with Crippen molar-refractivity contribution in [3.05, 3.63) is 200 Å². The molecule has 7 N–H and O–H groups in total. The number of halogens is 4. The number of benzene rings is 5. The number of para-hydroxylation sites is 1. The van der Waals surface area contributed by atoms with Crippen LogP contribution >= 0.6 is 46.4 Å². The van der Waals surface area contributed by atoms with Crippen molar-refractivity contribution in [3.63, 3.8) is 0 Å². The minimum Gasteiger partial charge on any atom is -0.497 e. The first-order chi connectivity index (χ1) is 37.1. The van der Waals surface area contributed by atoms with Gasteiger partial charge < -0.3 is 36.3 Å². The fourth-order valence-electron chi connectivity index (χ4n) is 6.73. The zero-order valence-corrected chi connectivity index (χ0v) is 44.6. The summed E-state index contributed by atoms with van der Waals surface area (Å²) >= 11 is 24.1. The third-order valence-electron chi connectivity index (χ3n) is 10.5. The molecule has 0 spiro atoms. The summed E-state index contributed by atoms with van der Waals surface area (Å²) < 4.78 is 20.3. The zero-order valence-electron chi connectivity index (χ0n) is 41.6. The monoisotopic (exact) mass is 1130 g/mol. The van der Waals surface area contributed by atoms with E-state index in [0.717, 1.165) is 20.3 Å². The predicted octanol–water partition coefficient (Wildman–Crippen LogP) is 5.77. The van der Waals surface area contributed by atoms with Gasteiger partial charge in [0, 0.05) is 26.6 Å². The largest absolute Gasteiger partial charge is 0.497 e. The van der Waals surface area contributed by atoms with Crippen molar-refractivity contribution >= 4 is 70.2 Å². The highest BCUT2D eigenvalue weighted by atomic mass is 35.5. The quantitative estimate of drug-likeness (QED) is 0.0224. The second-order valence-electron chi connectivity index (χ2n) is 15.8. The number of nitriles is 2. The molecule has 7 rings (SSSR count). The molecule has 5 aromatic carbocycles. The molecular formula is C51H51Cl4N15O7. The Bertz CT molecular complexity index is 3500. The van der Waals surface area contributed by atoms with Gasteiger partial charge in [-0.15, -0.1) is 4.99 Å². The van der Waals surface area contributed by atoms with E-state index in [2.05, 4.69) is 35.9 Å². The number of anilines is 2. The maximum Gasteiger partial charge on any atom is 0.355 e. The molecule has 0 unspecified atom stereocenters. The van der Waals surface area contributed by atoms with Gasteiger partial charge in [0.15, 0.2) is 6.19 Å². The molecule has 0 aliphatic heterocycles. The molecular weight excluding hydrogens is 1080 g/mol. The van der Waals surface area contributed by atoms with Crippen LogP contribution in [0.2, 0.25) is 20.1 Å². The molecule has 7 aromatic rings. The third kappa shape index (κ3) is 18.0. The molecule has 0 aliphatic rings. The minimum atomic E-state index is -0.733. The van der Waals surface area contributed by atoms with Gasteiger partial charge in [-0.1, -0.05) is 101 Å². The second-order valence-corrected chi connectivity index (χ2v) is 17.5. The zero-order chi connectivity index (χ0) is 55.9. The minimum absolute atomic E-state index is 0.0152. The highest BCUT2D eigenvalue weighted by Gasteiger charge is 2.17. The lowest BCUT2D eigenvalue weighted by atomic mass is 10.2. The Labute approximate surface area is 461 Å². The second kappa shape index (κ2) is 30.0. The smallest absolute Gasteiger partial charge is 0.355 e. The topological polar surface area (TPSA) is 302 Å².